The molecule has 2 N–H and O–H groups in total. The monoisotopic (exact) mass is 276 g/mol. The van der Waals surface area contributed by atoms with Gasteiger partial charge in [0.15, 0.2) is 5.78 Å². The Morgan fingerprint density at radius 1 is 1.30 bits per heavy atom. The van der Waals surface area contributed by atoms with Crippen molar-refractivity contribution < 1.29 is 14.7 Å². The molecule has 1 saturated heterocycles. The molecular weight excluding hydrogens is 256 g/mol. The Hall–Kier alpha value is -1.72. The lowest BCUT2D eigenvalue weighted by Crippen LogP contribution is -2.55. The number of piperazine rings is 1. The zero-order chi connectivity index (χ0) is 14.4. The lowest BCUT2D eigenvalue weighted by Gasteiger charge is -2.33. The minimum Gasteiger partial charge on any atom is -0.480 e. The van der Waals surface area contributed by atoms with E-state index in [9.17, 15) is 9.59 Å². The summed E-state index contributed by atoms with van der Waals surface area (Å²) in [6.07, 6.45) is 1.15. The van der Waals surface area contributed by atoms with E-state index in [0.29, 0.717) is 25.9 Å². The maximum Gasteiger partial charge on any atom is 0.322 e. The largest absolute Gasteiger partial charge is 0.480 e. The number of rotatable bonds is 6. The maximum atomic E-state index is 12.0. The lowest BCUT2D eigenvalue weighted by atomic mass is 10.1. The van der Waals surface area contributed by atoms with E-state index in [1.54, 1.807) is 0 Å². The van der Waals surface area contributed by atoms with Crippen molar-refractivity contribution >= 4 is 11.8 Å². The first-order chi connectivity index (χ1) is 9.68. The van der Waals surface area contributed by atoms with Crippen molar-refractivity contribution in [2.24, 2.45) is 0 Å². The van der Waals surface area contributed by atoms with Crippen molar-refractivity contribution in [3.8, 4) is 0 Å². The van der Waals surface area contributed by atoms with Crippen LogP contribution in [0.2, 0.25) is 0 Å². The van der Waals surface area contributed by atoms with Gasteiger partial charge in [0.25, 0.3) is 0 Å². The third-order valence-electron chi connectivity index (χ3n) is 3.58. The fraction of sp³-hybridized carbons (Fsp3) is 0.467. The van der Waals surface area contributed by atoms with Crippen molar-refractivity contribution in [3.63, 3.8) is 0 Å². The van der Waals surface area contributed by atoms with Crippen molar-refractivity contribution in [2.75, 3.05) is 26.2 Å². The topological polar surface area (TPSA) is 69.6 Å². The number of benzene rings is 1. The number of carboxylic acid groups (broad SMARTS) is 1. The molecule has 1 atom stereocenters. The molecule has 0 aliphatic carbocycles. The van der Waals surface area contributed by atoms with Gasteiger partial charge in [-0.1, -0.05) is 30.3 Å². The molecule has 0 radical (unpaired) electrons. The highest BCUT2D eigenvalue weighted by atomic mass is 16.4. The van der Waals surface area contributed by atoms with E-state index in [-0.39, 0.29) is 5.78 Å². The third-order valence-corrected chi connectivity index (χ3v) is 3.58. The minimum atomic E-state index is -0.799. The second-order valence-corrected chi connectivity index (χ2v) is 4.99. The van der Waals surface area contributed by atoms with E-state index in [1.807, 2.05) is 35.2 Å². The van der Waals surface area contributed by atoms with E-state index in [1.165, 1.54) is 0 Å². The molecule has 1 aromatic carbocycles. The highest BCUT2D eigenvalue weighted by Crippen LogP contribution is 2.09. The fourth-order valence-electron chi connectivity index (χ4n) is 2.47. The number of carbonyl (C=O) groups is 2. The molecular formula is C15H20N2O3. The molecule has 1 aliphatic rings. The molecule has 1 heterocycles. The summed E-state index contributed by atoms with van der Waals surface area (Å²) in [6.45, 7) is 2.64. The number of aliphatic carboxylic acids is 1. The molecule has 0 spiro atoms. The molecule has 1 aliphatic heterocycles. The number of ketones is 1. The molecule has 2 rings (SSSR count). The van der Waals surface area contributed by atoms with Crippen molar-refractivity contribution in [3.05, 3.63) is 35.9 Å². The van der Waals surface area contributed by atoms with Gasteiger partial charge >= 0.3 is 5.97 Å². The van der Waals surface area contributed by atoms with E-state index < -0.39 is 12.0 Å². The van der Waals surface area contributed by atoms with Crippen molar-refractivity contribution in [2.45, 2.75) is 18.9 Å². The van der Waals surface area contributed by atoms with E-state index in [4.69, 9.17) is 5.11 Å². The van der Waals surface area contributed by atoms with Crippen LogP contribution < -0.4 is 5.32 Å². The summed E-state index contributed by atoms with van der Waals surface area (Å²) in [6, 6.07) is 8.74. The molecule has 0 amide bonds. The molecule has 1 unspecified atom stereocenters. The number of hydrogen-bond donors (Lipinski definition) is 2. The van der Waals surface area contributed by atoms with Gasteiger partial charge in [-0.2, -0.15) is 0 Å². The highest BCUT2D eigenvalue weighted by Gasteiger charge is 2.27. The van der Waals surface area contributed by atoms with E-state index in [2.05, 4.69) is 5.32 Å². The van der Waals surface area contributed by atoms with Gasteiger partial charge in [-0.25, -0.2) is 0 Å². The maximum absolute atomic E-state index is 12.0. The average Bonchev–Trinajstić information content (AvgIpc) is 2.48. The predicted octanol–water partition coefficient (Wildman–Crippen LogP) is 1.01. The number of nitrogens with one attached hydrogen (secondary N) is 1. The number of carbonyl (C=O) groups excluding carboxylic acids is 1. The summed E-state index contributed by atoms with van der Waals surface area (Å²) in [5.74, 6) is -0.681. The number of nitrogens with zero attached hydrogens (tertiary/aromatic N) is 1. The van der Waals surface area contributed by atoms with Crippen LogP contribution in [0.15, 0.2) is 30.3 Å². The first-order valence-corrected chi connectivity index (χ1v) is 6.94. The summed E-state index contributed by atoms with van der Waals surface area (Å²) in [7, 11) is 0. The van der Waals surface area contributed by atoms with Gasteiger partial charge in [-0.15, -0.1) is 0 Å². The van der Waals surface area contributed by atoms with Crippen LogP contribution in [0.1, 0.15) is 23.2 Å². The van der Waals surface area contributed by atoms with Crippen molar-refractivity contribution in [1.82, 2.24) is 10.2 Å². The van der Waals surface area contributed by atoms with Gasteiger partial charge in [-0.05, 0) is 13.0 Å². The van der Waals surface area contributed by atoms with Crippen LogP contribution in [-0.4, -0.2) is 54.0 Å². The van der Waals surface area contributed by atoms with Crippen LogP contribution in [-0.2, 0) is 4.79 Å². The molecule has 0 aromatic heterocycles. The molecule has 1 fully saturated rings. The summed E-state index contributed by atoms with van der Waals surface area (Å²) in [4.78, 5) is 25.0. The summed E-state index contributed by atoms with van der Waals surface area (Å²) in [5.41, 5.74) is 0.725. The van der Waals surface area contributed by atoms with Gasteiger partial charge in [0.1, 0.15) is 6.04 Å². The normalized spacial score (nSPS) is 19.7. The first-order valence-electron chi connectivity index (χ1n) is 6.94. The van der Waals surface area contributed by atoms with Gasteiger partial charge in [0, 0.05) is 31.6 Å². The highest BCUT2D eigenvalue weighted by molar-refractivity contribution is 5.95. The zero-order valence-corrected chi connectivity index (χ0v) is 11.4. The Morgan fingerprint density at radius 2 is 2.05 bits per heavy atom. The molecule has 1 aromatic rings. The van der Waals surface area contributed by atoms with Crippen LogP contribution in [0.5, 0.6) is 0 Å². The predicted molar refractivity (Wildman–Crippen MR) is 75.9 cm³/mol. The zero-order valence-electron chi connectivity index (χ0n) is 11.4. The van der Waals surface area contributed by atoms with Gasteiger partial charge < -0.3 is 10.4 Å². The van der Waals surface area contributed by atoms with Crippen LogP contribution in [0, 0.1) is 0 Å². The Balaban J connectivity index is 1.80. The average molecular weight is 276 g/mol. The molecule has 108 valence electrons. The Labute approximate surface area is 118 Å². The summed E-state index contributed by atoms with van der Waals surface area (Å²) in [5, 5.41) is 12.2. The fourth-order valence-corrected chi connectivity index (χ4v) is 2.47. The number of Topliss-reactive ketones (excluding diaryl/α,β-unsaturated/α-hetero) is 1. The molecule has 5 nitrogen and oxygen atoms in total. The Kier molecular flexibility index (Phi) is 5.26. The first kappa shape index (κ1) is 14.7. The standard InChI is InChI=1S/C15H20N2O3/c18-14(12-5-2-1-3-6-12)7-4-9-17-10-8-16-11-13(17)15(19)20/h1-3,5-6,13,16H,4,7-11H2,(H,19,20). The van der Waals surface area contributed by atoms with E-state index >= 15 is 0 Å². The van der Waals surface area contributed by atoms with Crippen molar-refractivity contribution in [1.29, 1.82) is 0 Å². The number of hydrogen-bond acceptors (Lipinski definition) is 4. The molecule has 20 heavy (non-hydrogen) atoms. The Morgan fingerprint density at radius 3 is 2.75 bits per heavy atom. The molecule has 0 bridgehead atoms. The smallest absolute Gasteiger partial charge is 0.322 e. The SMILES string of the molecule is O=C(CCCN1CCNCC1C(=O)O)c1ccccc1. The second-order valence-electron chi connectivity index (χ2n) is 4.99. The van der Waals surface area contributed by atoms with Crippen LogP contribution in [0.3, 0.4) is 0 Å². The van der Waals surface area contributed by atoms with Gasteiger partial charge in [0.05, 0.1) is 0 Å². The quantitative estimate of drug-likeness (QED) is 0.759. The summed E-state index contributed by atoms with van der Waals surface area (Å²) < 4.78 is 0. The molecule has 5 heteroatoms. The third kappa shape index (κ3) is 3.88. The molecule has 0 saturated carbocycles. The van der Waals surface area contributed by atoms with Gasteiger partial charge in [0.2, 0.25) is 0 Å². The van der Waals surface area contributed by atoms with Crippen LogP contribution in [0.25, 0.3) is 0 Å². The Bertz CT molecular complexity index is 461. The summed E-state index contributed by atoms with van der Waals surface area (Å²) >= 11 is 0. The second kappa shape index (κ2) is 7.17. The minimum absolute atomic E-state index is 0.118. The van der Waals surface area contributed by atoms with E-state index in [0.717, 1.165) is 18.7 Å². The van der Waals surface area contributed by atoms with Crippen LogP contribution >= 0.6 is 0 Å². The lowest BCUT2D eigenvalue weighted by molar-refractivity contribution is -0.143. The van der Waals surface area contributed by atoms with Crippen LogP contribution in [0.4, 0.5) is 0 Å². The van der Waals surface area contributed by atoms with Gasteiger partial charge in [-0.3, -0.25) is 14.5 Å². The number of carboxylic acids is 1.